The normalized spacial score (nSPS) is 9.86. The lowest BCUT2D eigenvalue weighted by atomic mass is 10.1. The molecule has 21 heavy (non-hydrogen) atoms. The number of nitrogens with zero attached hydrogens (tertiary/aromatic N) is 1. The molecule has 1 N–H and O–H groups in total. The third kappa shape index (κ3) is 4.08. The van der Waals surface area contributed by atoms with Gasteiger partial charge in [-0.3, -0.25) is 0 Å². The molecule has 0 amide bonds. The van der Waals surface area contributed by atoms with Crippen molar-refractivity contribution in [1.82, 2.24) is 0 Å². The summed E-state index contributed by atoms with van der Waals surface area (Å²) in [6.07, 6.45) is 0. The van der Waals surface area contributed by atoms with Crippen LogP contribution < -0.4 is 4.90 Å². The van der Waals surface area contributed by atoms with Crippen LogP contribution in [0.3, 0.4) is 0 Å². The van der Waals surface area contributed by atoms with Gasteiger partial charge in [0.15, 0.2) is 0 Å². The molecule has 2 rings (SSSR count). The number of halogens is 1. The second kappa shape index (κ2) is 7.47. The fourth-order valence-electron chi connectivity index (χ4n) is 2.15. The zero-order valence-electron chi connectivity index (χ0n) is 12.0. The summed E-state index contributed by atoms with van der Waals surface area (Å²) >= 11 is 0. The Bertz CT molecular complexity index is 643. The molecule has 0 aromatic heterocycles. The average Bonchev–Trinajstić information content (AvgIpc) is 2.53. The van der Waals surface area contributed by atoms with E-state index in [0.29, 0.717) is 12.1 Å². The third-order valence-corrected chi connectivity index (χ3v) is 3.21. The first-order chi connectivity index (χ1) is 10.2. The number of hydrogen-bond acceptors (Lipinski definition) is 2. The maximum atomic E-state index is 13.6. The van der Waals surface area contributed by atoms with Gasteiger partial charge in [-0.1, -0.05) is 36.1 Å². The fraction of sp³-hybridized carbons (Fsp3) is 0.222. The van der Waals surface area contributed by atoms with Gasteiger partial charge in [-0.05, 0) is 36.8 Å². The highest BCUT2D eigenvalue weighted by Gasteiger charge is 2.07. The van der Waals surface area contributed by atoms with Gasteiger partial charge in [0.2, 0.25) is 0 Å². The van der Waals surface area contributed by atoms with Crippen molar-refractivity contribution >= 4 is 5.69 Å². The minimum Gasteiger partial charge on any atom is -0.384 e. The molecule has 0 saturated carbocycles. The number of para-hydroxylation sites is 1. The van der Waals surface area contributed by atoms with Gasteiger partial charge in [0.05, 0.1) is 5.56 Å². The summed E-state index contributed by atoms with van der Waals surface area (Å²) in [4.78, 5) is 2.20. The number of hydrogen-bond donors (Lipinski definition) is 1. The first kappa shape index (κ1) is 15.1. The van der Waals surface area contributed by atoms with E-state index < -0.39 is 0 Å². The van der Waals surface area contributed by atoms with Crippen molar-refractivity contribution in [2.75, 3.05) is 18.1 Å². The van der Waals surface area contributed by atoms with Crippen LogP contribution in [0.4, 0.5) is 10.1 Å². The van der Waals surface area contributed by atoms with Crippen LogP contribution in [0.5, 0.6) is 0 Å². The first-order valence-corrected chi connectivity index (χ1v) is 6.92. The Kier molecular flexibility index (Phi) is 5.36. The number of benzene rings is 2. The molecule has 0 heterocycles. The molecule has 0 aliphatic carbocycles. The van der Waals surface area contributed by atoms with Crippen molar-refractivity contribution in [1.29, 1.82) is 0 Å². The largest absolute Gasteiger partial charge is 0.384 e. The van der Waals surface area contributed by atoms with Crippen molar-refractivity contribution < 1.29 is 9.50 Å². The van der Waals surface area contributed by atoms with E-state index in [0.717, 1.165) is 17.8 Å². The summed E-state index contributed by atoms with van der Waals surface area (Å²) in [5.74, 6) is 4.77. The molecule has 0 atom stereocenters. The number of rotatable bonds is 4. The zero-order valence-corrected chi connectivity index (χ0v) is 12.0. The van der Waals surface area contributed by atoms with Crippen LogP contribution in [0.2, 0.25) is 0 Å². The molecule has 0 unspecified atom stereocenters. The number of anilines is 1. The summed E-state index contributed by atoms with van der Waals surface area (Å²) in [5, 5.41) is 8.72. The number of aliphatic hydroxyl groups is 1. The van der Waals surface area contributed by atoms with E-state index in [4.69, 9.17) is 5.11 Å². The van der Waals surface area contributed by atoms with Gasteiger partial charge in [-0.15, -0.1) is 0 Å². The topological polar surface area (TPSA) is 23.5 Å². The molecule has 3 heteroatoms. The van der Waals surface area contributed by atoms with Crippen LogP contribution in [0.1, 0.15) is 18.1 Å². The summed E-state index contributed by atoms with van der Waals surface area (Å²) < 4.78 is 13.6. The van der Waals surface area contributed by atoms with Crippen molar-refractivity contribution in [2.24, 2.45) is 0 Å². The monoisotopic (exact) mass is 283 g/mol. The van der Waals surface area contributed by atoms with Gasteiger partial charge in [0, 0.05) is 18.8 Å². The van der Waals surface area contributed by atoms with Gasteiger partial charge in [-0.25, -0.2) is 4.39 Å². The molecule has 0 aliphatic rings. The fourth-order valence-corrected chi connectivity index (χ4v) is 2.15. The summed E-state index contributed by atoms with van der Waals surface area (Å²) in [6.45, 7) is 3.37. The molecule has 108 valence electrons. The molecule has 0 spiro atoms. The standard InChI is InChI=1S/C18H18FNO/c1-2-20(17-8-4-3-5-9-17)14-15-10-11-18(19)16(13-15)7-6-12-21/h3-5,8-11,13,21H,2,12,14H2,1H3. The van der Waals surface area contributed by atoms with Gasteiger partial charge < -0.3 is 10.0 Å². The number of aliphatic hydroxyl groups excluding tert-OH is 1. The van der Waals surface area contributed by atoms with E-state index >= 15 is 0 Å². The molecule has 0 saturated heterocycles. The van der Waals surface area contributed by atoms with E-state index in [1.807, 2.05) is 18.2 Å². The molecular weight excluding hydrogens is 265 g/mol. The van der Waals surface area contributed by atoms with Gasteiger partial charge in [-0.2, -0.15) is 0 Å². The van der Waals surface area contributed by atoms with Crippen LogP contribution in [0.25, 0.3) is 0 Å². The predicted octanol–water partition coefficient (Wildman–Crippen LogP) is 3.20. The van der Waals surface area contributed by atoms with E-state index in [9.17, 15) is 4.39 Å². The van der Waals surface area contributed by atoms with Gasteiger partial charge in [0.25, 0.3) is 0 Å². The SMILES string of the molecule is CCN(Cc1ccc(F)c(C#CCO)c1)c1ccccc1. The molecule has 2 nitrogen and oxygen atoms in total. The van der Waals surface area contributed by atoms with Crippen LogP contribution in [-0.4, -0.2) is 18.3 Å². The summed E-state index contributed by atoms with van der Waals surface area (Å²) in [6, 6.07) is 15.0. The van der Waals surface area contributed by atoms with Crippen LogP contribution >= 0.6 is 0 Å². The Morgan fingerprint density at radius 2 is 1.90 bits per heavy atom. The highest BCUT2D eigenvalue weighted by molar-refractivity contribution is 5.47. The Labute approximate surface area is 124 Å². The average molecular weight is 283 g/mol. The van der Waals surface area contributed by atoms with Crippen molar-refractivity contribution in [3.05, 3.63) is 65.5 Å². The maximum Gasteiger partial charge on any atom is 0.138 e. The minimum absolute atomic E-state index is 0.269. The Morgan fingerprint density at radius 1 is 1.14 bits per heavy atom. The Balaban J connectivity index is 2.22. The lowest BCUT2D eigenvalue weighted by Crippen LogP contribution is -2.21. The Morgan fingerprint density at radius 3 is 2.57 bits per heavy atom. The molecule has 2 aromatic rings. The van der Waals surface area contributed by atoms with Crippen LogP contribution in [-0.2, 0) is 6.54 Å². The van der Waals surface area contributed by atoms with Crippen molar-refractivity contribution in [2.45, 2.75) is 13.5 Å². The molecule has 0 fully saturated rings. The molecule has 2 aromatic carbocycles. The minimum atomic E-state index is -0.359. The predicted molar refractivity (Wildman–Crippen MR) is 83.5 cm³/mol. The zero-order chi connectivity index (χ0) is 15.1. The lowest BCUT2D eigenvalue weighted by molar-refractivity contribution is 0.350. The summed E-state index contributed by atoms with van der Waals surface area (Å²) in [7, 11) is 0. The smallest absolute Gasteiger partial charge is 0.138 e. The van der Waals surface area contributed by atoms with Crippen LogP contribution in [0, 0.1) is 17.7 Å². The quantitative estimate of drug-likeness (QED) is 0.871. The molecule has 0 radical (unpaired) electrons. The van der Waals surface area contributed by atoms with Crippen molar-refractivity contribution in [3.63, 3.8) is 0 Å². The molecular formula is C18H18FNO. The second-order valence-corrected chi connectivity index (χ2v) is 4.62. The second-order valence-electron chi connectivity index (χ2n) is 4.62. The van der Waals surface area contributed by atoms with E-state index in [-0.39, 0.29) is 12.4 Å². The van der Waals surface area contributed by atoms with Crippen molar-refractivity contribution in [3.8, 4) is 11.8 Å². The molecule has 0 bridgehead atoms. The molecule has 0 aliphatic heterocycles. The lowest BCUT2D eigenvalue weighted by Gasteiger charge is -2.23. The van der Waals surface area contributed by atoms with E-state index in [1.54, 1.807) is 12.1 Å². The van der Waals surface area contributed by atoms with Gasteiger partial charge in [0.1, 0.15) is 12.4 Å². The van der Waals surface area contributed by atoms with Gasteiger partial charge >= 0.3 is 0 Å². The Hall–Kier alpha value is -2.31. The highest BCUT2D eigenvalue weighted by atomic mass is 19.1. The third-order valence-electron chi connectivity index (χ3n) is 3.21. The van der Waals surface area contributed by atoms with E-state index in [2.05, 4.69) is 35.8 Å². The highest BCUT2D eigenvalue weighted by Crippen LogP contribution is 2.18. The van der Waals surface area contributed by atoms with E-state index in [1.165, 1.54) is 6.07 Å². The summed E-state index contributed by atoms with van der Waals surface area (Å²) in [5.41, 5.74) is 2.45. The maximum absolute atomic E-state index is 13.6. The van der Waals surface area contributed by atoms with Crippen LogP contribution in [0.15, 0.2) is 48.5 Å². The first-order valence-electron chi connectivity index (χ1n) is 6.92.